The molecule has 1 aromatic rings. The van der Waals surface area contributed by atoms with Gasteiger partial charge in [0.05, 0.1) is 14.2 Å². The van der Waals surface area contributed by atoms with E-state index in [-0.39, 0.29) is 24.5 Å². The Morgan fingerprint density at radius 1 is 1.24 bits per heavy atom. The second-order valence-electron chi connectivity index (χ2n) is 7.96. The van der Waals surface area contributed by atoms with Crippen LogP contribution in [-0.4, -0.2) is 39.1 Å². The maximum absolute atomic E-state index is 11.6. The van der Waals surface area contributed by atoms with Crippen LogP contribution >= 0.6 is 0 Å². The maximum atomic E-state index is 11.6. The fraction of sp³-hybridized carbons (Fsp3) is 0.650. The molecule has 1 unspecified atom stereocenters. The van der Waals surface area contributed by atoms with Gasteiger partial charge in [0.25, 0.3) is 0 Å². The molecule has 1 aliphatic carbocycles. The number of hydrogen-bond donors (Lipinski definition) is 0. The highest BCUT2D eigenvalue weighted by Gasteiger charge is 2.52. The topological polar surface area (TPSA) is 44.8 Å². The molecule has 0 amide bonds. The van der Waals surface area contributed by atoms with Gasteiger partial charge in [0, 0.05) is 26.4 Å². The van der Waals surface area contributed by atoms with E-state index in [1.807, 2.05) is 6.92 Å². The SMILES string of the molecule is CCOC1C[C@H]2[C@@H](C[Si](C)(C)c3ccccc3)[C@@H](OC(C)=O)C[C@H]2O1. The molecule has 2 aliphatic rings. The van der Waals surface area contributed by atoms with Crippen molar-refractivity contribution in [3.05, 3.63) is 30.3 Å². The highest BCUT2D eigenvalue weighted by Crippen LogP contribution is 2.47. The Bertz CT molecular complexity index is 589. The Morgan fingerprint density at radius 3 is 2.60 bits per heavy atom. The van der Waals surface area contributed by atoms with Crippen LogP contribution in [0.25, 0.3) is 0 Å². The van der Waals surface area contributed by atoms with E-state index in [4.69, 9.17) is 14.2 Å². The maximum Gasteiger partial charge on any atom is 0.302 e. The number of hydrogen-bond acceptors (Lipinski definition) is 4. The molecule has 5 atom stereocenters. The molecule has 25 heavy (non-hydrogen) atoms. The van der Waals surface area contributed by atoms with E-state index in [1.165, 1.54) is 12.1 Å². The van der Waals surface area contributed by atoms with Crippen LogP contribution in [0.2, 0.25) is 19.1 Å². The van der Waals surface area contributed by atoms with Gasteiger partial charge in [0.2, 0.25) is 0 Å². The number of benzene rings is 1. The number of ether oxygens (including phenoxy) is 3. The van der Waals surface area contributed by atoms with E-state index in [2.05, 4.69) is 43.4 Å². The van der Waals surface area contributed by atoms with Gasteiger partial charge in [0.1, 0.15) is 6.10 Å². The third-order valence-corrected chi connectivity index (χ3v) is 9.12. The number of carbonyl (C=O) groups is 1. The van der Waals surface area contributed by atoms with E-state index in [0.717, 1.165) is 18.9 Å². The smallest absolute Gasteiger partial charge is 0.302 e. The quantitative estimate of drug-likeness (QED) is 0.575. The van der Waals surface area contributed by atoms with Gasteiger partial charge in [-0.3, -0.25) is 4.79 Å². The molecule has 0 radical (unpaired) electrons. The van der Waals surface area contributed by atoms with Gasteiger partial charge in [-0.25, -0.2) is 0 Å². The summed E-state index contributed by atoms with van der Waals surface area (Å²) in [5.41, 5.74) is 0. The van der Waals surface area contributed by atoms with Crippen molar-refractivity contribution in [1.29, 1.82) is 0 Å². The van der Waals surface area contributed by atoms with Gasteiger partial charge in [-0.05, 0) is 24.8 Å². The molecule has 1 saturated carbocycles. The van der Waals surface area contributed by atoms with Crippen molar-refractivity contribution in [1.82, 2.24) is 0 Å². The number of esters is 1. The molecule has 4 nitrogen and oxygen atoms in total. The Kier molecular flexibility index (Phi) is 5.66. The summed E-state index contributed by atoms with van der Waals surface area (Å²) in [6.07, 6.45) is 1.76. The molecule has 2 fully saturated rings. The second kappa shape index (κ2) is 7.60. The predicted molar refractivity (Wildman–Crippen MR) is 100 cm³/mol. The van der Waals surface area contributed by atoms with Crippen molar-refractivity contribution in [3.63, 3.8) is 0 Å². The van der Waals surface area contributed by atoms with Crippen molar-refractivity contribution >= 4 is 19.2 Å². The molecule has 1 aliphatic heterocycles. The Balaban J connectivity index is 1.78. The summed E-state index contributed by atoms with van der Waals surface area (Å²) < 4.78 is 17.5. The lowest BCUT2D eigenvalue weighted by Crippen LogP contribution is -2.45. The summed E-state index contributed by atoms with van der Waals surface area (Å²) in [5, 5.41) is 1.46. The lowest BCUT2D eigenvalue weighted by atomic mass is 9.93. The lowest BCUT2D eigenvalue weighted by Gasteiger charge is -2.32. The first-order chi connectivity index (χ1) is 11.9. The molecule has 1 heterocycles. The fourth-order valence-electron chi connectivity index (χ4n) is 4.61. The molecule has 5 heteroatoms. The standard InChI is InChI=1S/C20H30O4Si/c1-5-22-20-11-16-17(19(23-14(2)21)12-18(16)24-20)13-25(3,4)15-9-7-6-8-10-15/h6-10,16-20H,5,11-13H2,1-4H3/t16-,17+,18+,19-,20?/m0/s1. The van der Waals surface area contributed by atoms with Crippen molar-refractivity contribution in [2.24, 2.45) is 11.8 Å². The molecule has 0 spiro atoms. The first-order valence-corrected chi connectivity index (χ1v) is 12.6. The average molecular weight is 363 g/mol. The van der Waals surface area contributed by atoms with Gasteiger partial charge in [-0.2, -0.15) is 0 Å². The van der Waals surface area contributed by atoms with Crippen LogP contribution in [0.5, 0.6) is 0 Å². The van der Waals surface area contributed by atoms with E-state index in [1.54, 1.807) is 0 Å². The van der Waals surface area contributed by atoms with Gasteiger partial charge in [-0.15, -0.1) is 0 Å². The Morgan fingerprint density at radius 2 is 1.96 bits per heavy atom. The molecule has 0 aromatic heterocycles. The zero-order valence-electron chi connectivity index (χ0n) is 15.7. The molecule has 138 valence electrons. The lowest BCUT2D eigenvalue weighted by molar-refractivity contribution is -0.152. The number of fused-ring (bicyclic) bond motifs is 1. The Labute approximate surface area is 151 Å². The summed E-state index contributed by atoms with van der Waals surface area (Å²) in [4.78, 5) is 11.6. The molecular formula is C20H30O4Si. The summed E-state index contributed by atoms with van der Waals surface area (Å²) in [7, 11) is -1.63. The molecule has 0 bridgehead atoms. The van der Waals surface area contributed by atoms with Crippen LogP contribution < -0.4 is 5.19 Å². The third kappa shape index (κ3) is 4.15. The molecular weight excluding hydrogens is 332 g/mol. The van der Waals surface area contributed by atoms with E-state index >= 15 is 0 Å². The van der Waals surface area contributed by atoms with E-state index in [0.29, 0.717) is 18.4 Å². The minimum absolute atomic E-state index is 0.0226. The van der Waals surface area contributed by atoms with Crippen LogP contribution in [0.1, 0.15) is 26.7 Å². The van der Waals surface area contributed by atoms with E-state index < -0.39 is 8.07 Å². The minimum atomic E-state index is -1.63. The fourth-order valence-corrected chi connectivity index (χ4v) is 7.68. The van der Waals surface area contributed by atoms with Crippen LogP contribution in [0.15, 0.2) is 30.3 Å². The summed E-state index contributed by atoms with van der Waals surface area (Å²) in [6.45, 7) is 9.01. The van der Waals surface area contributed by atoms with Gasteiger partial charge in [-0.1, -0.05) is 48.6 Å². The normalized spacial score (nSPS) is 31.8. The number of rotatable bonds is 6. The van der Waals surface area contributed by atoms with Crippen LogP contribution in [-0.2, 0) is 19.0 Å². The Hall–Kier alpha value is -1.17. The predicted octanol–water partition coefficient (Wildman–Crippen LogP) is 3.32. The van der Waals surface area contributed by atoms with Crippen LogP contribution in [0.3, 0.4) is 0 Å². The monoisotopic (exact) mass is 362 g/mol. The van der Waals surface area contributed by atoms with Crippen molar-refractivity contribution < 1.29 is 19.0 Å². The number of carbonyl (C=O) groups excluding carboxylic acids is 1. The van der Waals surface area contributed by atoms with Gasteiger partial charge < -0.3 is 14.2 Å². The molecule has 0 N–H and O–H groups in total. The highest BCUT2D eigenvalue weighted by molar-refractivity contribution is 6.89. The van der Waals surface area contributed by atoms with E-state index in [9.17, 15) is 4.79 Å². The third-order valence-electron chi connectivity index (χ3n) is 5.73. The first-order valence-electron chi connectivity index (χ1n) is 9.40. The molecule has 1 aromatic carbocycles. The highest BCUT2D eigenvalue weighted by atomic mass is 28.3. The van der Waals surface area contributed by atoms with Gasteiger partial charge >= 0.3 is 5.97 Å². The zero-order valence-corrected chi connectivity index (χ0v) is 16.7. The average Bonchev–Trinajstić information content (AvgIpc) is 3.07. The zero-order chi connectivity index (χ0) is 18.0. The first kappa shape index (κ1) is 18.6. The summed E-state index contributed by atoms with van der Waals surface area (Å²) >= 11 is 0. The molecule has 1 saturated heterocycles. The largest absolute Gasteiger partial charge is 0.462 e. The van der Waals surface area contributed by atoms with Gasteiger partial charge in [0.15, 0.2) is 6.29 Å². The van der Waals surface area contributed by atoms with Crippen LogP contribution in [0, 0.1) is 11.8 Å². The minimum Gasteiger partial charge on any atom is -0.462 e. The van der Waals surface area contributed by atoms with Crippen molar-refractivity contribution in [2.45, 2.75) is 64.3 Å². The second-order valence-corrected chi connectivity index (χ2v) is 12.7. The summed E-state index contributed by atoms with van der Waals surface area (Å²) in [6, 6.07) is 11.9. The van der Waals surface area contributed by atoms with Crippen molar-refractivity contribution in [2.75, 3.05) is 6.61 Å². The van der Waals surface area contributed by atoms with Crippen molar-refractivity contribution in [3.8, 4) is 0 Å². The summed E-state index contributed by atoms with van der Waals surface area (Å²) in [5.74, 6) is 0.605. The molecule has 3 rings (SSSR count). The van der Waals surface area contributed by atoms with Crippen LogP contribution in [0.4, 0.5) is 0 Å².